The molecule has 4 heterocycles. The van der Waals surface area contributed by atoms with E-state index < -0.39 is 0 Å². The highest BCUT2D eigenvalue weighted by Gasteiger charge is 2.23. The van der Waals surface area contributed by atoms with Crippen LogP contribution in [0, 0.1) is 12.7 Å². The van der Waals surface area contributed by atoms with Gasteiger partial charge in [-0.05, 0) is 86.7 Å². The lowest BCUT2D eigenvalue weighted by Crippen LogP contribution is -2.27. The molecule has 3 aromatic heterocycles. The van der Waals surface area contributed by atoms with Gasteiger partial charge in [-0.1, -0.05) is 6.92 Å². The number of benzene rings is 1. The number of thiazole rings is 1. The number of rotatable bonds is 5. The summed E-state index contributed by atoms with van der Waals surface area (Å²) in [6, 6.07) is 8.71. The molecule has 0 radical (unpaired) electrons. The topological polar surface area (TPSA) is 45.5 Å². The third-order valence-electron chi connectivity index (χ3n) is 6.40. The second kappa shape index (κ2) is 8.64. The number of anilines is 2. The Hall–Kier alpha value is -2.77. The fraction of sp³-hybridized carbons (Fsp3) is 0.360. The van der Waals surface area contributed by atoms with Gasteiger partial charge in [0.15, 0.2) is 5.13 Å². The van der Waals surface area contributed by atoms with Crippen molar-refractivity contribution in [3.8, 4) is 11.3 Å². The summed E-state index contributed by atoms with van der Waals surface area (Å²) in [5.41, 5.74) is 6.55. The Morgan fingerprint density at radius 3 is 2.66 bits per heavy atom. The number of imidazole rings is 1. The number of piperidine rings is 1. The fourth-order valence-electron chi connectivity index (χ4n) is 4.65. The second-order valence-electron chi connectivity index (χ2n) is 8.48. The van der Waals surface area contributed by atoms with E-state index in [4.69, 9.17) is 9.97 Å². The first kappa shape index (κ1) is 21.1. The lowest BCUT2D eigenvalue weighted by Gasteiger charge is -2.25. The highest BCUT2D eigenvalue weighted by Crippen LogP contribution is 2.35. The number of halogens is 1. The molecule has 4 aromatic rings. The summed E-state index contributed by atoms with van der Waals surface area (Å²) in [6.07, 6.45) is 5.48. The first-order valence-corrected chi connectivity index (χ1v) is 12.1. The predicted molar refractivity (Wildman–Crippen MR) is 130 cm³/mol. The maximum Gasteiger partial charge on any atom is 0.191 e. The average molecular weight is 450 g/mol. The molecule has 1 N–H and O–H groups in total. The summed E-state index contributed by atoms with van der Waals surface area (Å²) >= 11 is 1.59. The van der Waals surface area contributed by atoms with E-state index in [2.05, 4.69) is 47.8 Å². The number of hydrogen-bond acceptors (Lipinski definition) is 5. The summed E-state index contributed by atoms with van der Waals surface area (Å²) in [5.74, 6) is 1.41. The lowest BCUT2D eigenvalue weighted by molar-refractivity contribution is 0.458. The molecular weight excluding hydrogens is 421 g/mol. The second-order valence-corrected chi connectivity index (χ2v) is 9.32. The van der Waals surface area contributed by atoms with Gasteiger partial charge in [0.25, 0.3) is 0 Å². The molecule has 0 bridgehead atoms. The summed E-state index contributed by atoms with van der Waals surface area (Å²) < 4.78 is 15.5. The van der Waals surface area contributed by atoms with Crippen LogP contribution < -0.4 is 10.2 Å². The van der Waals surface area contributed by atoms with Gasteiger partial charge in [0, 0.05) is 24.2 Å². The summed E-state index contributed by atoms with van der Waals surface area (Å²) in [4.78, 5) is 11.9. The highest BCUT2D eigenvalue weighted by atomic mass is 32.1. The molecule has 1 aromatic carbocycles. The molecule has 166 valence electrons. The first-order chi connectivity index (χ1) is 15.5. The molecule has 0 saturated carbocycles. The van der Waals surface area contributed by atoms with Gasteiger partial charge < -0.3 is 10.2 Å². The van der Waals surface area contributed by atoms with Crippen molar-refractivity contribution in [3.05, 3.63) is 64.5 Å². The number of nitrogens with one attached hydrogen (secondary N) is 1. The van der Waals surface area contributed by atoms with E-state index in [0.717, 1.165) is 53.1 Å². The minimum atomic E-state index is -0.237. The number of aryl methyl sites for hydroxylation is 2. The van der Waals surface area contributed by atoms with Crippen LogP contribution in [-0.4, -0.2) is 34.5 Å². The molecule has 5 rings (SSSR count). The molecule has 1 saturated heterocycles. The van der Waals surface area contributed by atoms with Crippen LogP contribution in [0.2, 0.25) is 0 Å². The Balaban J connectivity index is 1.55. The fourth-order valence-corrected chi connectivity index (χ4v) is 5.45. The monoisotopic (exact) mass is 449 g/mol. The van der Waals surface area contributed by atoms with E-state index in [0.29, 0.717) is 5.92 Å². The maximum absolute atomic E-state index is 13.3. The van der Waals surface area contributed by atoms with Crippen molar-refractivity contribution in [2.75, 3.05) is 25.0 Å². The minimum Gasteiger partial charge on any atom is -0.317 e. The van der Waals surface area contributed by atoms with Gasteiger partial charge >= 0.3 is 0 Å². The molecule has 0 spiro atoms. The average Bonchev–Trinajstić information content (AvgIpc) is 3.44. The van der Waals surface area contributed by atoms with Crippen LogP contribution in [0.4, 0.5) is 15.3 Å². The Kier molecular flexibility index (Phi) is 5.69. The molecule has 32 heavy (non-hydrogen) atoms. The van der Waals surface area contributed by atoms with Gasteiger partial charge in [0.1, 0.15) is 17.3 Å². The van der Waals surface area contributed by atoms with Crippen LogP contribution in [0.15, 0.2) is 41.9 Å². The summed E-state index contributed by atoms with van der Waals surface area (Å²) in [6.45, 7) is 6.50. The molecule has 0 amide bonds. The zero-order chi connectivity index (χ0) is 22.2. The van der Waals surface area contributed by atoms with Crippen molar-refractivity contribution in [2.45, 2.75) is 39.0 Å². The zero-order valence-electron chi connectivity index (χ0n) is 18.7. The highest BCUT2D eigenvalue weighted by molar-refractivity contribution is 7.14. The van der Waals surface area contributed by atoms with E-state index in [-0.39, 0.29) is 5.82 Å². The molecule has 0 atom stereocenters. The quantitative estimate of drug-likeness (QED) is 0.424. The standard InChI is InChI=1S/C25H28FN5S/c1-4-21-24(30(3)25-29-22(15-32-25)18-5-7-19(26)8-6-18)31-14-20(16(2)13-23(31)28-21)17-9-11-27-12-10-17/h5-8,13-15,17,27H,4,9-12H2,1-3H3. The van der Waals surface area contributed by atoms with Gasteiger partial charge in [-0.15, -0.1) is 11.3 Å². The van der Waals surface area contributed by atoms with Crippen molar-refractivity contribution in [1.82, 2.24) is 19.7 Å². The Morgan fingerprint density at radius 1 is 1.19 bits per heavy atom. The van der Waals surface area contributed by atoms with Crippen molar-refractivity contribution >= 4 is 27.9 Å². The van der Waals surface area contributed by atoms with Gasteiger partial charge in [0.05, 0.1) is 11.4 Å². The van der Waals surface area contributed by atoms with E-state index in [9.17, 15) is 4.39 Å². The molecule has 0 unspecified atom stereocenters. The molecule has 1 aliphatic heterocycles. The number of pyridine rings is 1. The van der Waals surface area contributed by atoms with Crippen molar-refractivity contribution in [3.63, 3.8) is 0 Å². The summed E-state index contributed by atoms with van der Waals surface area (Å²) in [7, 11) is 2.06. The smallest absolute Gasteiger partial charge is 0.191 e. The Labute approximate surface area is 191 Å². The van der Waals surface area contributed by atoms with Gasteiger partial charge in [-0.3, -0.25) is 4.40 Å². The molecule has 0 aliphatic carbocycles. The van der Waals surface area contributed by atoms with Crippen LogP contribution in [0.5, 0.6) is 0 Å². The Morgan fingerprint density at radius 2 is 1.94 bits per heavy atom. The third-order valence-corrected chi connectivity index (χ3v) is 7.32. The van der Waals surface area contributed by atoms with E-state index in [1.807, 2.05) is 5.38 Å². The van der Waals surface area contributed by atoms with E-state index in [1.165, 1.54) is 36.1 Å². The molecule has 5 nitrogen and oxygen atoms in total. The maximum atomic E-state index is 13.3. The molecule has 1 aliphatic rings. The largest absolute Gasteiger partial charge is 0.317 e. The normalized spacial score (nSPS) is 14.9. The third kappa shape index (κ3) is 3.80. The van der Waals surface area contributed by atoms with Gasteiger partial charge in [-0.25, -0.2) is 14.4 Å². The van der Waals surface area contributed by atoms with E-state index >= 15 is 0 Å². The van der Waals surface area contributed by atoms with Crippen LogP contribution in [0.1, 0.15) is 42.5 Å². The van der Waals surface area contributed by atoms with Crippen molar-refractivity contribution < 1.29 is 4.39 Å². The van der Waals surface area contributed by atoms with Crippen LogP contribution >= 0.6 is 11.3 Å². The van der Waals surface area contributed by atoms with Crippen molar-refractivity contribution in [2.24, 2.45) is 0 Å². The predicted octanol–water partition coefficient (Wildman–Crippen LogP) is 5.70. The van der Waals surface area contributed by atoms with Crippen molar-refractivity contribution in [1.29, 1.82) is 0 Å². The van der Waals surface area contributed by atoms with E-state index in [1.54, 1.807) is 23.5 Å². The zero-order valence-corrected chi connectivity index (χ0v) is 19.5. The van der Waals surface area contributed by atoms with Crippen LogP contribution in [-0.2, 0) is 6.42 Å². The van der Waals surface area contributed by atoms with Crippen LogP contribution in [0.3, 0.4) is 0 Å². The molecular formula is C25H28FN5S. The lowest BCUT2D eigenvalue weighted by atomic mass is 9.89. The Bertz CT molecular complexity index is 1240. The first-order valence-electron chi connectivity index (χ1n) is 11.2. The number of aromatic nitrogens is 3. The number of fused-ring (bicyclic) bond motifs is 1. The number of hydrogen-bond donors (Lipinski definition) is 1. The summed E-state index contributed by atoms with van der Waals surface area (Å²) in [5, 5.41) is 6.39. The minimum absolute atomic E-state index is 0.237. The molecule has 7 heteroatoms. The SMILES string of the molecule is CCc1nc2cc(C)c(C3CCNCC3)cn2c1N(C)c1nc(-c2ccc(F)cc2)cs1. The van der Waals surface area contributed by atoms with Crippen LogP contribution in [0.25, 0.3) is 16.9 Å². The molecule has 1 fully saturated rings. The van der Waals surface area contributed by atoms with Gasteiger partial charge in [-0.2, -0.15) is 0 Å². The van der Waals surface area contributed by atoms with Gasteiger partial charge in [0.2, 0.25) is 0 Å². The number of nitrogens with zero attached hydrogens (tertiary/aromatic N) is 4.